The predicted molar refractivity (Wildman–Crippen MR) is 152 cm³/mol. The van der Waals surface area contributed by atoms with Crippen LogP contribution < -0.4 is 0 Å². The molecule has 0 atom stereocenters. The SMILES string of the molecule is Cc1ccc(C(=O)N(CCC(=O)N2CCN(C(c3ccccc3)c3ccccc3)CC2)Cc2ccco2)cc1. The minimum Gasteiger partial charge on any atom is -0.467 e. The van der Waals surface area contributed by atoms with Crippen LogP contribution in [-0.4, -0.2) is 59.2 Å². The van der Waals surface area contributed by atoms with E-state index in [-0.39, 0.29) is 24.3 Å². The molecule has 0 unspecified atom stereocenters. The van der Waals surface area contributed by atoms with Crippen LogP contribution in [0.1, 0.15) is 45.3 Å². The first-order valence-corrected chi connectivity index (χ1v) is 13.6. The van der Waals surface area contributed by atoms with Gasteiger partial charge in [0.1, 0.15) is 5.76 Å². The van der Waals surface area contributed by atoms with Crippen LogP contribution >= 0.6 is 0 Å². The number of rotatable bonds is 9. The van der Waals surface area contributed by atoms with Gasteiger partial charge in [0.15, 0.2) is 0 Å². The number of piperazine rings is 1. The van der Waals surface area contributed by atoms with E-state index in [1.807, 2.05) is 60.4 Å². The number of hydrogen-bond acceptors (Lipinski definition) is 4. The number of carbonyl (C=O) groups excluding carboxylic acids is 2. The van der Waals surface area contributed by atoms with Crippen LogP contribution in [0.25, 0.3) is 0 Å². The second kappa shape index (κ2) is 12.6. The molecule has 0 spiro atoms. The lowest BCUT2D eigenvalue weighted by Crippen LogP contribution is -2.50. The summed E-state index contributed by atoms with van der Waals surface area (Å²) in [6.07, 6.45) is 1.88. The Kier molecular flexibility index (Phi) is 8.54. The molecule has 6 heteroatoms. The van der Waals surface area contributed by atoms with Gasteiger partial charge in [-0.05, 0) is 42.3 Å². The van der Waals surface area contributed by atoms with Crippen molar-refractivity contribution in [3.05, 3.63) is 131 Å². The van der Waals surface area contributed by atoms with E-state index in [0.717, 1.165) is 18.7 Å². The van der Waals surface area contributed by atoms with Crippen molar-refractivity contribution < 1.29 is 14.0 Å². The monoisotopic (exact) mass is 521 g/mol. The minimum absolute atomic E-state index is 0.0757. The molecule has 39 heavy (non-hydrogen) atoms. The van der Waals surface area contributed by atoms with Crippen molar-refractivity contribution >= 4 is 11.8 Å². The zero-order chi connectivity index (χ0) is 27.0. The molecule has 200 valence electrons. The summed E-state index contributed by atoms with van der Waals surface area (Å²) in [6.45, 7) is 5.57. The number of furan rings is 1. The Hall–Kier alpha value is -4.16. The molecular formula is C33H35N3O3. The highest BCUT2D eigenvalue weighted by molar-refractivity contribution is 5.94. The van der Waals surface area contributed by atoms with Gasteiger partial charge in [0.25, 0.3) is 5.91 Å². The number of benzene rings is 3. The Labute approximate surface area is 230 Å². The van der Waals surface area contributed by atoms with Crippen molar-refractivity contribution in [1.82, 2.24) is 14.7 Å². The first-order valence-electron chi connectivity index (χ1n) is 13.6. The largest absolute Gasteiger partial charge is 0.467 e. The first kappa shape index (κ1) is 26.4. The van der Waals surface area contributed by atoms with E-state index in [4.69, 9.17) is 4.42 Å². The zero-order valence-corrected chi connectivity index (χ0v) is 22.4. The van der Waals surface area contributed by atoms with Gasteiger partial charge in [0, 0.05) is 44.7 Å². The van der Waals surface area contributed by atoms with E-state index < -0.39 is 0 Å². The van der Waals surface area contributed by atoms with Crippen molar-refractivity contribution in [3.8, 4) is 0 Å². The fourth-order valence-electron chi connectivity index (χ4n) is 5.22. The fourth-order valence-corrected chi connectivity index (χ4v) is 5.22. The normalized spacial score (nSPS) is 13.9. The van der Waals surface area contributed by atoms with Gasteiger partial charge in [-0.1, -0.05) is 78.4 Å². The molecule has 2 amide bonds. The fraction of sp³-hybridized carbons (Fsp3) is 0.273. The quantitative estimate of drug-likeness (QED) is 0.290. The van der Waals surface area contributed by atoms with Gasteiger partial charge < -0.3 is 14.2 Å². The molecule has 6 nitrogen and oxygen atoms in total. The Bertz CT molecular complexity index is 1290. The van der Waals surface area contributed by atoms with Crippen molar-refractivity contribution in [2.45, 2.75) is 25.9 Å². The van der Waals surface area contributed by atoms with Gasteiger partial charge in [0.2, 0.25) is 5.91 Å². The van der Waals surface area contributed by atoms with E-state index in [1.54, 1.807) is 11.2 Å². The van der Waals surface area contributed by atoms with E-state index >= 15 is 0 Å². The van der Waals surface area contributed by atoms with Crippen LogP contribution in [0.3, 0.4) is 0 Å². The molecule has 2 heterocycles. The highest BCUT2D eigenvalue weighted by Crippen LogP contribution is 2.29. The average molecular weight is 522 g/mol. The molecule has 5 rings (SSSR count). The molecule has 0 aliphatic carbocycles. The molecular weight excluding hydrogens is 486 g/mol. The van der Waals surface area contributed by atoms with Crippen LogP contribution in [0, 0.1) is 6.92 Å². The Morgan fingerprint density at radius 1 is 0.795 bits per heavy atom. The van der Waals surface area contributed by atoms with Gasteiger partial charge in [-0.15, -0.1) is 0 Å². The molecule has 0 radical (unpaired) electrons. The number of hydrogen-bond donors (Lipinski definition) is 0. The van der Waals surface area contributed by atoms with Crippen LogP contribution in [0.2, 0.25) is 0 Å². The molecule has 1 fully saturated rings. The summed E-state index contributed by atoms with van der Waals surface area (Å²) < 4.78 is 5.50. The van der Waals surface area contributed by atoms with Crippen molar-refractivity contribution in [2.24, 2.45) is 0 Å². The van der Waals surface area contributed by atoms with Gasteiger partial charge in [-0.2, -0.15) is 0 Å². The average Bonchev–Trinajstić information content (AvgIpc) is 3.50. The molecule has 1 aliphatic rings. The standard InChI is InChI=1S/C33H35N3O3/c1-26-14-16-29(17-15-26)33(38)36(25-30-13-8-24-39-30)19-18-31(37)34-20-22-35(23-21-34)32(27-9-4-2-5-10-27)28-11-6-3-7-12-28/h2-17,24,32H,18-23,25H2,1H3. The maximum atomic E-state index is 13.3. The van der Waals surface area contributed by atoms with E-state index in [2.05, 4.69) is 53.4 Å². The van der Waals surface area contributed by atoms with Crippen molar-refractivity contribution in [2.75, 3.05) is 32.7 Å². The number of amides is 2. The van der Waals surface area contributed by atoms with Crippen LogP contribution in [-0.2, 0) is 11.3 Å². The Balaban J connectivity index is 1.22. The number of aryl methyl sites for hydroxylation is 1. The molecule has 1 aliphatic heterocycles. The first-order chi connectivity index (χ1) is 19.1. The highest BCUT2D eigenvalue weighted by atomic mass is 16.3. The summed E-state index contributed by atoms with van der Waals surface area (Å²) in [5, 5.41) is 0. The second-order valence-electron chi connectivity index (χ2n) is 10.1. The Morgan fingerprint density at radius 3 is 1.97 bits per heavy atom. The van der Waals surface area contributed by atoms with E-state index in [1.165, 1.54) is 11.1 Å². The Morgan fingerprint density at radius 2 is 1.41 bits per heavy atom. The summed E-state index contributed by atoms with van der Waals surface area (Å²) >= 11 is 0. The third-order valence-electron chi connectivity index (χ3n) is 7.37. The van der Waals surface area contributed by atoms with E-state index in [0.29, 0.717) is 37.5 Å². The summed E-state index contributed by atoms with van der Waals surface area (Å²) in [7, 11) is 0. The molecule has 4 aromatic rings. The molecule has 1 aromatic heterocycles. The third-order valence-corrected chi connectivity index (χ3v) is 7.37. The van der Waals surface area contributed by atoms with Crippen LogP contribution in [0.5, 0.6) is 0 Å². The molecule has 1 saturated heterocycles. The van der Waals surface area contributed by atoms with E-state index in [9.17, 15) is 9.59 Å². The van der Waals surface area contributed by atoms with Gasteiger partial charge >= 0.3 is 0 Å². The lowest BCUT2D eigenvalue weighted by atomic mass is 9.96. The topological polar surface area (TPSA) is 57.0 Å². The summed E-state index contributed by atoms with van der Waals surface area (Å²) in [5.74, 6) is 0.675. The van der Waals surface area contributed by atoms with Gasteiger partial charge in [-0.25, -0.2) is 0 Å². The van der Waals surface area contributed by atoms with Crippen molar-refractivity contribution in [3.63, 3.8) is 0 Å². The smallest absolute Gasteiger partial charge is 0.254 e. The lowest BCUT2D eigenvalue weighted by Gasteiger charge is -2.40. The number of nitrogens with zero attached hydrogens (tertiary/aromatic N) is 3. The summed E-state index contributed by atoms with van der Waals surface area (Å²) in [5.41, 5.74) is 4.22. The molecule has 0 bridgehead atoms. The summed E-state index contributed by atoms with van der Waals surface area (Å²) in [6, 6.07) is 32.5. The molecule has 3 aromatic carbocycles. The van der Waals surface area contributed by atoms with Crippen molar-refractivity contribution in [1.29, 1.82) is 0 Å². The molecule has 0 N–H and O–H groups in total. The predicted octanol–water partition coefficient (Wildman–Crippen LogP) is 5.55. The van der Waals surface area contributed by atoms with Crippen LogP contribution in [0.15, 0.2) is 108 Å². The number of carbonyl (C=O) groups is 2. The minimum atomic E-state index is -0.0995. The lowest BCUT2D eigenvalue weighted by molar-refractivity contribution is -0.133. The van der Waals surface area contributed by atoms with Gasteiger partial charge in [-0.3, -0.25) is 14.5 Å². The third kappa shape index (κ3) is 6.65. The zero-order valence-electron chi connectivity index (χ0n) is 22.4. The second-order valence-corrected chi connectivity index (χ2v) is 10.1. The van der Waals surface area contributed by atoms with Gasteiger partial charge in [0.05, 0.1) is 18.8 Å². The maximum Gasteiger partial charge on any atom is 0.254 e. The van der Waals surface area contributed by atoms with Crippen LogP contribution in [0.4, 0.5) is 0 Å². The maximum absolute atomic E-state index is 13.3. The highest BCUT2D eigenvalue weighted by Gasteiger charge is 2.28. The molecule has 0 saturated carbocycles. The summed E-state index contributed by atoms with van der Waals surface area (Å²) in [4.78, 5) is 32.7.